The molecule has 1 aromatic rings. The van der Waals surface area contributed by atoms with Crippen molar-refractivity contribution in [2.45, 2.75) is 18.7 Å². The standard InChI is InChI=1S/C8H10OS.BF4/c1-5-3-7(10)4-6(2)8(5)9;2-1(3,4)5/h3-4,9-10H,1-2H3;/q;-1/p+1. The van der Waals surface area contributed by atoms with Gasteiger partial charge in [0.1, 0.15) is 5.75 Å². The molecule has 0 bridgehead atoms. The zero-order valence-corrected chi connectivity index (χ0v) is 9.19. The van der Waals surface area contributed by atoms with Gasteiger partial charge in [-0.05, 0) is 49.7 Å². The van der Waals surface area contributed by atoms with Gasteiger partial charge >= 0.3 is 7.25 Å². The number of phenols is 1. The van der Waals surface area contributed by atoms with E-state index >= 15 is 0 Å². The lowest BCUT2D eigenvalue weighted by atomic mass is 10.1. The molecule has 0 fully saturated rings. The Balaban J connectivity index is 0.000000336. The highest BCUT2D eigenvalue weighted by Gasteiger charge is 2.20. The molecule has 0 aliphatic rings. The van der Waals surface area contributed by atoms with Crippen LogP contribution in [-0.2, 0) is 12.6 Å². The predicted octanol–water partition coefficient (Wildman–Crippen LogP) is 2.68. The van der Waals surface area contributed by atoms with Crippen LogP contribution in [0.25, 0.3) is 0 Å². The topological polar surface area (TPSA) is 20.2 Å². The number of rotatable bonds is 0. The fourth-order valence-corrected chi connectivity index (χ4v) is 1.39. The average molecular weight is 242 g/mol. The van der Waals surface area contributed by atoms with Crippen molar-refractivity contribution in [3.63, 3.8) is 0 Å². The normalized spacial score (nSPS) is 10.6. The second kappa shape index (κ2) is 5.30. The summed E-state index contributed by atoms with van der Waals surface area (Å²) in [7, 11) is -6.00. The maximum atomic E-state index is 9.75. The zero-order chi connectivity index (χ0) is 12.2. The minimum absolute atomic E-state index is 0.391. The van der Waals surface area contributed by atoms with Crippen LogP contribution >= 0.6 is 0 Å². The lowest BCUT2D eigenvalue weighted by Gasteiger charge is -2.00. The monoisotopic (exact) mass is 242 g/mol. The Morgan fingerprint density at radius 3 is 1.60 bits per heavy atom. The first-order valence-corrected chi connectivity index (χ1v) is 4.50. The van der Waals surface area contributed by atoms with Crippen LogP contribution in [0.2, 0.25) is 0 Å². The highest BCUT2D eigenvalue weighted by Crippen LogP contribution is 2.22. The van der Waals surface area contributed by atoms with Crippen molar-refractivity contribution in [3.05, 3.63) is 23.3 Å². The summed E-state index contributed by atoms with van der Waals surface area (Å²) in [4.78, 5) is 1.01. The van der Waals surface area contributed by atoms with Crippen LogP contribution in [0.3, 0.4) is 0 Å². The Kier molecular flexibility index (Phi) is 5.00. The zero-order valence-electron chi connectivity index (χ0n) is 8.19. The van der Waals surface area contributed by atoms with Crippen LogP contribution < -0.4 is 0 Å². The van der Waals surface area contributed by atoms with Crippen LogP contribution in [-0.4, -0.2) is 12.4 Å². The Morgan fingerprint density at radius 2 is 1.33 bits per heavy atom. The van der Waals surface area contributed by atoms with Gasteiger partial charge in [0.2, 0.25) is 0 Å². The van der Waals surface area contributed by atoms with Gasteiger partial charge in [-0.25, -0.2) is 0 Å². The molecular formula is C8H11BF4OS. The molecule has 0 atom stereocenters. The third-order valence-electron chi connectivity index (χ3n) is 1.49. The van der Waals surface area contributed by atoms with Gasteiger partial charge in [0, 0.05) is 0 Å². The molecule has 0 radical (unpaired) electrons. The molecule has 0 spiro atoms. The van der Waals surface area contributed by atoms with Crippen molar-refractivity contribution in [3.8, 4) is 5.75 Å². The van der Waals surface area contributed by atoms with Gasteiger partial charge < -0.3 is 22.4 Å². The number of hydrogen-bond acceptors (Lipinski definition) is 1. The second-order valence-corrected chi connectivity index (χ2v) is 3.53. The largest absolute Gasteiger partial charge is 0.673 e. The third kappa shape index (κ3) is 7.13. The number of benzene rings is 1. The van der Waals surface area contributed by atoms with Crippen LogP contribution in [0, 0.1) is 13.8 Å². The molecule has 1 nitrogen and oxygen atoms in total. The maximum absolute atomic E-state index is 9.75. The van der Waals surface area contributed by atoms with Crippen molar-refractivity contribution >= 4 is 19.9 Å². The first-order valence-electron chi connectivity index (χ1n) is 4.00. The summed E-state index contributed by atoms with van der Waals surface area (Å²) >= 11 is 3.38. The Morgan fingerprint density at radius 1 is 1.07 bits per heavy atom. The van der Waals surface area contributed by atoms with E-state index in [2.05, 4.69) is 12.6 Å². The average Bonchev–Trinajstić information content (AvgIpc) is 1.96. The van der Waals surface area contributed by atoms with Gasteiger partial charge in [-0.2, -0.15) is 0 Å². The molecule has 1 N–H and O–H groups in total. The smallest absolute Gasteiger partial charge is 0.507 e. The van der Waals surface area contributed by atoms with E-state index in [1.54, 1.807) is 0 Å². The number of halogens is 4. The van der Waals surface area contributed by atoms with Gasteiger partial charge in [0.05, 0.1) is 0 Å². The number of aryl methyl sites for hydroxylation is 2. The molecule has 0 saturated carbocycles. The van der Waals surface area contributed by atoms with E-state index in [9.17, 15) is 22.4 Å². The van der Waals surface area contributed by atoms with Crippen molar-refractivity contribution in [2.75, 3.05) is 0 Å². The molecule has 0 heterocycles. The predicted molar refractivity (Wildman–Crippen MR) is 56.2 cm³/mol. The minimum atomic E-state index is -6.00. The van der Waals surface area contributed by atoms with Crippen LogP contribution in [0.15, 0.2) is 17.0 Å². The molecule has 1 aromatic carbocycles. The van der Waals surface area contributed by atoms with Crippen LogP contribution in [0.1, 0.15) is 11.1 Å². The molecule has 0 unspecified atom stereocenters. The van der Waals surface area contributed by atoms with E-state index in [1.807, 2.05) is 26.0 Å². The number of phenolic OH excluding ortho intramolecular Hbond substituents is 1. The Bertz CT molecular complexity index is 311. The maximum Gasteiger partial charge on any atom is 0.673 e. The van der Waals surface area contributed by atoms with Crippen LogP contribution in [0.4, 0.5) is 17.3 Å². The first kappa shape index (κ1) is 14.2. The molecule has 86 valence electrons. The van der Waals surface area contributed by atoms with E-state index in [4.69, 9.17) is 0 Å². The fourth-order valence-electron chi connectivity index (χ4n) is 0.956. The lowest BCUT2D eigenvalue weighted by Crippen LogP contribution is -2.02. The fraction of sp³-hybridized carbons (Fsp3) is 0.250. The summed E-state index contributed by atoms with van der Waals surface area (Å²) in [6.45, 7) is 3.76. The van der Waals surface area contributed by atoms with E-state index in [0.29, 0.717) is 5.75 Å². The Hall–Kier alpha value is -0.845. The van der Waals surface area contributed by atoms with Gasteiger partial charge in [-0.15, -0.1) is 0 Å². The molecule has 7 heteroatoms. The summed E-state index contributed by atoms with van der Waals surface area (Å²) in [5.74, 6) is 0.391. The first-order chi connectivity index (χ1) is 6.61. The molecule has 0 aliphatic carbocycles. The summed E-state index contributed by atoms with van der Waals surface area (Å²) in [6, 6.07) is 3.78. The lowest BCUT2D eigenvalue weighted by molar-refractivity contribution is 0.368. The molecule has 0 amide bonds. The van der Waals surface area contributed by atoms with E-state index in [-0.39, 0.29) is 0 Å². The number of hydrogen-bond donors (Lipinski definition) is 1. The third-order valence-corrected chi connectivity index (χ3v) is 1.78. The molecule has 1 rings (SSSR count). The van der Waals surface area contributed by atoms with Gasteiger partial charge in [0.25, 0.3) is 0 Å². The summed E-state index contributed by atoms with van der Waals surface area (Å²) in [5.41, 5.74) is 1.81. The highest BCUT2D eigenvalue weighted by atomic mass is 32.1. The van der Waals surface area contributed by atoms with Gasteiger partial charge in [-0.3, -0.25) is 0 Å². The van der Waals surface area contributed by atoms with Crippen molar-refractivity contribution in [1.82, 2.24) is 0 Å². The SMILES string of the molecule is Cc1cc([SH2+])cc(C)c1O.F[B-](F)(F)F. The Labute approximate surface area is 90.6 Å². The van der Waals surface area contributed by atoms with Crippen LogP contribution in [0.5, 0.6) is 5.75 Å². The van der Waals surface area contributed by atoms with Crippen molar-refractivity contribution < 1.29 is 22.4 Å². The van der Waals surface area contributed by atoms with E-state index in [0.717, 1.165) is 16.0 Å². The van der Waals surface area contributed by atoms with Gasteiger partial charge in [-0.1, -0.05) is 0 Å². The summed E-state index contributed by atoms with van der Waals surface area (Å²) in [6.07, 6.45) is 0. The van der Waals surface area contributed by atoms with E-state index in [1.165, 1.54) is 0 Å². The minimum Gasteiger partial charge on any atom is -0.507 e. The number of aromatic hydroxyl groups is 1. The van der Waals surface area contributed by atoms with E-state index < -0.39 is 7.25 Å². The van der Waals surface area contributed by atoms with Crippen molar-refractivity contribution in [1.29, 1.82) is 0 Å². The summed E-state index contributed by atoms with van der Waals surface area (Å²) in [5, 5.41) is 9.31. The van der Waals surface area contributed by atoms with Crippen molar-refractivity contribution in [2.24, 2.45) is 0 Å². The quantitative estimate of drug-likeness (QED) is 0.421. The molecule has 15 heavy (non-hydrogen) atoms. The summed E-state index contributed by atoms with van der Waals surface area (Å²) < 4.78 is 39.0. The molecular weight excluding hydrogens is 231 g/mol. The molecule has 0 aromatic heterocycles. The highest BCUT2D eigenvalue weighted by molar-refractivity contribution is 7.58. The molecule has 0 saturated heterocycles. The molecule has 0 aliphatic heterocycles. The second-order valence-electron chi connectivity index (χ2n) is 2.95. The van der Waals surface area contributed by atoms with Gasteiger partial charge in [0.15, 0.2) is 4.90 Å².